The highest BCUT2D eigenvalue weighted by Crippen LogP contribution is 2.25. The summed E-state index contributed by atoms with van der Waals surface area (Å²) in [4.78, 5) is 0. The molecule has 0 spiro atoms. The van der Waals surface area contributed by atoms with Gasteiger partial charge in [-0.1, -0.05) is 23.7 Å². The van der Waals surface area contributed by atoms with Crippen molar-refractivity contribution in [3.05, 3.63) is 53.6 Å². The predicted molar refractivity (Wildman–Crippen MR) is 96.3 cm³/mol. The van der Waals surface area contributed by atoms with Crippen LogP contribution in [0.4, 0.5) is 5.69 Å². The molecule has 0 bridgehead atoms. The Labute approximate surface area is 147 Å². The van der Waals surface area contributed by atoms with Gasteiger partial charge in [0.15, 0.2) is 0 Å². The lowest BCUT2D eigenvalue weighted by Gasteiger charge is -2.16. The fourth-order valence-electron chi connectivity index (χ4n) is 2.58. The van der Waals surface area contributed by atoms with Gasteiger partial charge < -0.3 is 19.5 Å². The monoisotopic (exact) mass is 347 g/mol. The van der Waals surface area contributed by atoms with E-state index in [1.54, 1.807) is 0 Å². The topological polar surface area (TPSA) is 39.7 Å². The van der Waals surface area contributed by atoms with Gasteiger partial charge >= 0.3 is 0 Å². The molecule has 5 heteroatoms. The fourth-order valence-corrected chi connectivity index (χ4v) is 2.71. The van der Waals surface area contributed by atoms with Crippen molar-refractivity contribution in [1.29, 1.82) is 0 Å². The van der Waals surface area contributed by atoms with Gasteiger partial charge in [-0.05, 0) is 49.2 Å². The number of nitrogens with one attached hydrogen (secondary N) is 1. The van der Waals surface area contributed by atoms with Crippen molar-refractivity contribution < 1.29 is 14.2 Å². The summed E-state index contributed by atoms with van der Waals surface area (Å²) < 4.78 is 17.2. The van der Waals surface area contributed by atoms with Gasteiger partial charge in [-0.25, -0.2) is 0 Å². The minimum absolute atomic E-state index is 0.214. The van der Waals surface area contributed by atoms with Crippen LogP contribution in [0.1, 0.15) is 12.8 Å². The largest absolute Gasteiger partial charge is 0.492 e. The average Bonchev–Trinajstić information content (AvgIpc) is 3.13. The maximum absolute atomic E-state index is 5.91. The Balaban J connectivity index is 1.45. The second kappa shape index (κ2) is 8.81. The molecule has 1 N–H and O–H groups in total. The molecule has 0 saturated carbocycles. The smallest absolute Gasteiger partial charge is 0.142 e. The molecule has 1 unspecified atom stereocenters. The maximum atomic E-state index is 5.91. The van der Waals surface area contributed by atoms with E-state index in [0.29, 0.717) is 24.8 Å². The SMILES string of the molecule is Clc1ccc(OCCNc2ccccc2OCC2CCCO2)cc1. The molecule has 2 aromatic rings. The first-order valence-corrected chi connectivity index (χ1v) is 8.65. The highest BCUT2D eigenvalue weighted by atomic mass is 35.5. The number of rotatable bonds is 8. The zero-order chi connectivity index (χ0) is 16.6. The molecule has 0 radical (unpaired) electrons. The Morgan fingerprint density at radius 1 is 1.08 bits per heavy atom. The molecule has 1 aliphatic rings. The molecule has 4 nitrogen and oxygen atoms in total. The number of ether oxygens (including phenoxy) is 3. The third-order valence-corrected chi connectivity index (χ3v) is 4.09. The van der Waals surface area contributed by atoms with Crippen molar-refractivity contribution in [2.45, 2.75) is 18.9 Å². The van der Waals surface area contributed by atoms with Gasteiger partial charge in [0.25, 0.3) is 0 Å². The molecule has 1 heterocycles. The molecular formula is C19H22ClNO3. The summed E-state index contributed by atoms with van der Waals surface area (Å²) >= 11 is 5.86. The van der Waals surface area contributed by atoms with E-state index in [0.717, 1.165) is 36.6 Å². The maximum Gasteiger partial charge on any atom is 0.142 e. The number of anilines is 1. The molecule has 1 aliphatic heterocycles. The number of halogens is 1. The Bertz CT molecular complexity index is 627. The summed E-state index contributed by atoms with van der Waals surface area (Å²) in [6.45, 7) is 2.68. The Morgan fingerprint density at radius 2 is 1.92 bits per heavy atom. The minimum Gasteiger partial charge on any atom is -0.492 e. The lowest BCUT2D eigenvalue weighted by atomic mass is 10.2. The van der Waals surface area contributed by atoms with Crippen LogP contribution in [-0.2, 0) is 4.74 Å². The molecule has 0 amide bonds. The molecule has 1 atom stereocenters. The van der Waals surface area contributed by atoms with Crippen molar-refractivity contribution >= 4 is 17.3 Å². The van der Waals surface area contributed by atoms with E-state index in [4.69, 9.17) is 25.8 Å². The number of hydrogen-bond acceptors (Lipinski definition) is 4. The van der Waals surface area contributed by atoms with Crippen molar-refractivity contribution in [2.75, 3.05) is 31.7 Å². The standard InChI is InChI=1S/C19H22ClNO3/c20-15-7-9-16(10-8-15)23-13-11-21-18-5-1-2-6-19(18)24-14-17-4-3-12-22-17/h1-2,5-10,17,21H,3-4,11-14H2. The molecule has 2 aromatic carbocycles. The van der Waals surface area contributed by atoms with Gasteiger partial charge in [0, 0.05) is 18.2 Å². The van der Waals surface area contributed by atoms with Crippen molar-refractivity contribution in [3.8, 4) is 11.5 Å². The molecule has 1 fully saturated rings. The molecule has 1 saturated heterocycles. The van der Waals surface area contributed by atoms with Crippen LogP contribution in [0.15, 0.2) is 48.5 Å². The average molecular weight is 348 g/mol. The van der Waals surface area contributed by atoms with E-state index >= 15 is 0 Å². The summed E-state index contributed by atoms with van der Waals surface area (Å²) in [5.74, 6) is 1.66. The normalized spacial score (nSPS) is 16.8. The summed E-state index contributed by atoms with van der Waals surface area (Å²) in [5.41, 5.74) is 0.968. The second-order valence-corrected chi connectivity index (χ2v) is 6.11. The third kappa shape index (κ3) is 5.05. The van der Waals surface area contributed by atoms with Gasteiger partial charge in [-0.3, -0.25) is 0 Å². The molecular weight excluding hydrogens is 326 g/mol. The number of para-hydroxylation sites is 2. The van der Waals surface area contributed by atoms with E-state index < -0.39 is 0 Å². The van der Waals surface area contributed by atoms with Crippen molar-refractivity contribution in [1.82, 2.24) is 0 Å². The zero-order valence-corrected chi connectivity index (χ0v) is 14.3. The molecule has 24 heavy (non-hydrogen) atoms. The molecule has 128 valence electrons. The lowest BCUT2D eigenvalue weighted by Crippen LogP contribution is -2.17. The quantitative estimate of drug-likeness (QED) is 0.719. The summed E-state index contributed by atoms with van der Waals surface area (Å²) in [7, 11) is 0. The first kappa shape index (κ1) is 16.9. The van der Waals surface area contributed by atoms with Crippen LogP contribution < -0.4 is 14.8 Å². The van der Waals surface area contributed by atoms with E-state index in [-0.39, 0.29) is 6.10 Å². The summed E-state index contributed by atoms with van der Waals surface area (Å²) in [6, 6.07) is 15.3. The van der Waals surface area contributed by atoms with Crippen LogP contribution in [-0.4, -0.2) is 32.5 Å². The number of hydrogen-bond donors (Lipinski definition) is 1. The van der Waals surface area contributed by atoms with Gasteiger partial charge in [-0.15, -0.1) is 0 Å². The van der Waals surface area contributed by atoms with Crippen LogP contribution >= 0.6 is 11.6 Å². The third-order valence-electron chi connectivity index (χ3n) is 3.84. The van der Waals surface area contributed by atoms with Crippen LogP contribution in [0.3, 0.4) is 0 Å². The van der Waals surface area contributed by atoms with E-state index in [2.05, 4.69) is 5.32 Å². The van der Waals surface area contributed by atoms with Crippen molar-refractivity contribution in [3.63, 3.8) is 0 Å². The van der Waals surface area contributed by atoms with E-state index in [9.17, 15) is 0 Å². The van der Waals surface area contributed by atoms with Crippen LogP contribution in [0.25, 0.3) is 0 Å². The van der Waals surface area contributed by atoms with E-state index in [1.165, 1.54) is 0 Å². The highest BCUT2D eigenvalue weighted by molar-refractivity contribution is 6.30. The van der Waals surface area contributed by atoms with E-state index in [1.807, 2.05) is 48.5 Å². The molecule has 0 aliphatic carbocycles. The van der Waals surface area contributed by atoms with Crippen LogP contribution in [0.5, 0.6) is 11.5 Å². The minimum atomic E-state index is 0.214. The Kier molecular flexibility index (Phi) is 6.21. The van der Waals surface area contributed by atoms with Crippen molar-refractivity contribution in [2.24, 2.45) is 0 Å². The Hall–Kier alpha value is -1.91. The predicted octanol–water partition coefficient (Wildman–Crippen LogP) is 4.39. The lowest BCUT2D eigenvalue weighted by molar-refractivity contribution is 0.0682. The van der Waals surface area contributed by atoms with Gasteiger partial charge in [0.05, 0.1) is 11.8 Å². The first-order chi connectivity index (χ1) is 11.8. The fraction of sp³-hybridized carbons (Fsp3) is 0.368. The zero-order valence-electron chi connectivity index (χ0n) is 13.5. The van der Waals surface area contributed by atoms with Crippen LogP contribution in [0.2, 0.25) is 5.02 Å². The first-order valence-electron chi connectivity index (χ1n) is 8.27. The van der Waals surface area contributed by atoms with Gasteiger partial charge in [0.2, 0.25) is 0 Å². The molecule has 0 aromatic heterocycles. The number of benzene rings is 2. The van der Waals surface area contributed by atoms with Gasteiger partial charge in [0.1, 0.15) is 24.7 Å². The highest BCUT2D eigenvalue weighted by Gasteiger charge is 2.16. The molecule has 3 rings (SSSR count). The Morgan fingerprint density at radius 3 is 2.71 bits per heavy atom. The summed E-state index contributed by atoms with van der Waals surface area (Å²) in [5, 5.41) is 4.06. The second-order valence-electron chi connectivity index (χ2n) is 5.67. The van der Waals surface area contributed by atoms with Gasteiger partial charge in [-0.2, -0.15) is 0 Å². The summed E-state index contributed by atoms with van der Waals surface area (Å²) in [6.07, 6.45) is 2.41. The van der Waals surface area contributed by atoms with Crippen LogP contribution in [0, 0.1) is 0 Å².